The van der Waals surface area contributed by atoms with Crippen molar-refractivity contribution < 1.29 is 14.3 Å². The largest absolute Gasteiger partial charge is 0.433 e. The van der Waals surface area contributed by atoms with E-state index in [1.54, 1.807) is 20.8 Å². The minimum atomic E-state index is -0.891. The molecule has 0 aliphatic rings. The van der Waals surface area contributed by atoms with E-state index in [9.17, 15) is 9.59 Å². The Morgan fingerprint density at radius 3 is 2.29 bits per heavy atom. The fourth-order valence-corrected chi connectivity index (χ4v) is 0.984. The van der Waals surface area contributed by atoms with Gasteiger partial charge in [-0.2, -0.15) is 0 Å². The van der Waals surface area contributed by atoms with Crippen molar-refractivity contribution >= 4 is 23.6 Å². The van der Waals surface area contributed by atoms with E-state index in [1.807, 2.05) is 0 Å². The van der Waals surface area contributed by atoms with Crippen molar-refractivity contribution in [3.8, 4) is 0 Å². The van der Waals surface area contributed by atoms with Gasteiger partial charge >= 0.3 is 6.09 Å². The molecule has 1 radical (unpaired) electrons. The number of hydrogen-bond acceptors (Lipinski definition) is 3. The molecule has 81 valence electrons. The number of alkyl halides is 1. The average Bonchev–Trinajstić information content (AvgIpc) is 1.98. The van der Waals surface area contributed by atoms with Gasteiger partial charge in [0.2, 0.25) is 0 Å². The number of halogens is 1. The van der Waals surface area contributed by atoms with Crippen LogP contribution in [-0.4, -0.2) is 24.1 Å². The number of carbonyl (C=O) groups excluding carboxylic acids is 2. The number of hydrogen-bond donors (Lipinski definition) is 1. The molecule has 0 spiro atoms. The predicted molar refractivity (Wildman–Crippen MR) is 51.7 cm³/mol. The maximum absolute atomic E-state index is 11.0. The molecule has 5 nitrogen and oxygen atoms in total. The van der Waals surface area contributed by atoms with Crippen LogP contribution in [0.25, 0.3) is 0 Å². The first-order chi connectivity index (χ1) is 6.29. The Kier molecular flexibility index (Phi) is 4.70. The lowest BCUT2D eigenvalue weighted by Gasteiger charge is -2.27. The number of alkyl carbamates (subject to hydrolysis) is 1. The average molecular weight is 222 g/mol. The number of amides is 2. The predicted octanol–water partition coefficient (Wildman–Crippen LogP) is 1.13. The van der Waals surface area contributed by atoms with Crippen LogP contribution in [0.5, 0.6) is 0 Å². The van der Waals surface area contributed by atoms with Crippen molar-refractivity contribution in [1.29, 1.82) is 0 Å². The number of ether oxygens (including phenoxy) is 1. The quantitative estimate of drug-likeness (QED) is 0.726. The smallest absolute Gasteiger partial charge is 0.409 e. The van der Waals surface area contributed by atoms with Crippen LogP contribution in [0.3, 0.4) is 0 Å². The molecule has 0 aromatic carbocycles. The van der Waals surface area contributed by atoms with Gasteiger partial charge in [0, 0.05) is 0 Å². The Balaban J connectivity index is 4.40. The third-order valence-electron chi connectivity index (χ3n) is 1.58. The molecule has 0 saturated heterocycles. The summed E-state index contributed by atoms with van der Waals surface area (Å²) in [4.78, 5) is 21.8. The lowest BCUT2D eigenvalue weighted by atomic mass is 9.86. The molecule has 2 amide bonds. The highest BCUT2D eigenvalue weighted by Crippen LogP contribution is 2.19. The van der Waals surface area contributed by atoms with E-state index in [2.05, 4.69) is 10.1 Å². The molecule has 1 unspecified atom stereocenters. The van der Waals surface area contributed by atoms with Crippen LogP contribution in [0.1, 0.15) is 20.8 Å². The second kappa shape index (κ2) is 5.05. The zero-order chi connectivity index (χ0) is 11.4. The molecule has 14 heavy (non-hydrogen) atoms. The normalized spacial score (nSPS) is 13.1. The first kappa shape index (κ1) is 13.0. The van der Waals surface area contributed by atoms with Gasteiger partial charge in [0.15, 0.2) is 6.07 Å². The second-order valence-electron chi connectivity index (χ2n) is 3.85. The van der Waals surface area contributed by atoms with Gasteiger partial charge in [0.05, 0.1) is 0 Å². The van der Waals surface area contributed by atoms with E-state index in [1.165, 1.54) is 0 Å². The van der Waals surface area contributed by atoms with E-state index in [-0.39, 0.29) is 6.07 Å². The van der Waals surface area contributed by atoms with Gasteiger partial charge < -0.3 is 10.1 Å². The van der Waals surface area contributed by atoms with Gasteiger partial charge in [-0.05, 0) is 5.41 Å². The molecule has 0 aliphatic heterocycles. The van der Waals surface area contributed by atoms with Crippen LogP contribution in [0.2, 0.25) is 0 Å². The highest BCUT2D eigenvalue weighted by molar-refractivity contribution is 6.17. The van der Waals surface area contributed by atoms with E-state index >= 15 is 0 Å². The van der Waals surface area contributed by atoms with Gasteiger partial charge in [-0.1, -0.05) is 32.4 Å². The minimum Gasteiger partial charge on any atom is -0.433 e. The maximum Gasteiger partial charge on any atom is 0.409 e. The molecule has 0 heterocycles. The summed E-state index contributed by atoms with van der Waals surface area (Å²) in [5.41, 5.74) is 6.45. The van der Waals surface area contributed by atoms with Crippen LogP contribution in [0.4, 0.5) is 4.79 Å². The van der Waals surface area contributed by atoms with Gasteiger partial charge in [0.1, 0.15) is 6.04 Å². The maximum atomic E-state index is 11.0. The lowest BCUT2D eigenvalue weighted by Crippen LogP contribution is -2.49. The Bertz CT molecular complexity index is 225. The minimum absolute atomic E-state index is 0.283. The summed E-state index contributed by atoms with van der Waals surface area (Å²) in [6.07, 6.45) is -0.791. The molecule has 6 heteroatoms. The first-order valence-corrected chi connectivity index (χ1v) is 4.57. The fourth-order valence-electron chi connectivity index (χ4n) is 0.884. The SMILES string of the molecule is CC(C)(C)C(NC(=O)OCCl)C([NH])=O. The van der Waals surface area contributed by atoms with Crippen molar-refractivity contribution in [3.63, 3.8) is 0 Å². The number of nitrogens with one attached hydrogen (secondary N) is 2. The standard InChI is InChI=1S/C8H14ClN2O3/c1-8(2,3)5(6(10)12)11-7(13)14-4-9/h5,10H,4H2,1-3H3,(H,11,13). The zero-order valence-corrected chi connectivity index (χ0v) is 9.14. The van der Waals surface area contributed by atoms with Gasteiger partial charge in [-0.3, -0.25) is 10.5 Å². The summed E-state index contributed by atoms with van der Waals surface area (Å²) in [5.74, 6) is -0.857. The van der Waals surface area contributed by atoms with Gasteiger partial charge in [-0.15, -0.1) is 0 Å². The topological polar surface area (TPSA) is 79.2 Å². The van der Waals surface area contributed by atoms with Crippen molar-refractivity contribution in [2.24, 2.45) is 5.41 Å². The Labute approximate surface area is 87.9 Å². The first-order valence-electron chi connectivity index (χ1n) is 4.03. The Morgan fingerprint density at radius 1 is 1.50 bits per heavy atom. The Hall–Kier alpha value is -0.970. The molecule has 0 aliphatic carbocycles. The van der Waals surface area contributed by atoms with E-state index < -0.39 is 23.5 Å². The van der Waals surface area contributed by atoms with Crippen LogP contribution in [-0.2, 0) is 9.53 Å². The fraction of sp³-hybridized carbons (Fsp3) is 0.750. The molecular formula is C8H14ClN2O3. The van der Waals surface area contributed by atoms with Crippen molar-refractivity contribution in [1.82, 2.24) is 11.1 Å². The van der Waals surface area contributed by atoms with E-state index in [4.69, 9.17) is 17.3 Å². The van der Waals surface area contributed by atoms with E-state index in [0.717, 1.165) is 0 Å². The molecule has 2 N–H and O–H groups in total. The molecule has 1 atom stereocenters. The Morgan fingerprint density at radius 2 is 2.00 bits per heavy atom. The lowest BCUT2D eigenvalue weighted by molar-refractivity contribution is -0.122. The second-order valence-corrected chi connectivity index (χ2v) is 4.07. The number of carbonyl (C=O) groups is 2. The summed E-state index contributed by atoms with van der Waals surface area (Å²) in [7, 11) is 0. The summed E-state index contributed by atoms with van der Waals surface area (Å²) in [5, 5.41) is 2.27. The van der Waals surface area contributed by atoms with Crippen LogP contribution >= 0.6 is 11.6 Å². The molecule has 0 saturated carbocycles. The van der Waals surface area contributed by atoms with Crippen molar-refractivity contribution in [3.05, 3.63) is 0 Å². The van der Waals surface area contributed by atoms with Crippen LogP contribution in [0.15, 0.2) is 0 Å². The molecular weight excluding hydrogens is 208 g/mol. The molecule has 0 fully saturated rings. The summed E-state index contributed by atoms with van der Waals surface area (Å²) in [6.45, 7) is 5.22. The summed E-state index contributed by atoms with van der Waals surface area (Å²) >= 11 is 5.16. The molecule has 0 rings (SSSR count). The number of rotatable bonds is 3. The third-order valence-corrected chi connectivity index (χ3v) is 1.69. The summed E-state index contributed by atoms with van der Waals surface area (Å²) in [6, 6.07) is -1.17. The monoisotopic (exact) mass is 221 g/mol. The van der Waals surface area contributed by atoms with Gasteiger partial charge in [0.25, 0.3) is 5.91 Å². The van der Waals surface area contributed by atoms with E-state index in [0.29, 0.717) is 0 Å². The molecule has 0 bridgehead atoms. The van der Waals surface area contributed by atoms with Crippen molar-refractivity contribution in [2.75, 3.05) is 6.07 Å². The summed E-state index contributed by atoms with van der Waals surface area (Å²) < 4.78 is 4.40. The molecule has 0 aromatic rings. The van der Waals surface area contributed by atoms with Crippen LogP contribution < -0.4 is 11.1 Å². The van der Waals surface area contributed by atoms with Crippen LogP contribution in [0, 0.1) is 5.41 Å². The highest BCUT2D eigenvalue weighted by Gasteiger charge is 2.31. The van der Waals surface area contributed by atoms with Gasteiger partial charge in [-0.25, -0.2) is 4.79 Å². The van der Waals surface area contributed by atoms with Crippen molar-refractivity contribution in [2.45, 2.75) is 26.8 Å². The third kappa shape index (κ3) is 4.32. The highest BCUT2D eigenvalue weighted by atomic mass is 35.5. The molecule has 0 aromatic heterocycles. The zero-order valence-electron chi connectivity index (χ0n) is 8.39.